The van der Waals surface area contributed by atoms with Crippen molar-refractivity contribution in [1.29, 1.82) is 0 Å². The Hall–Kier alpha value is -1.92. The molecule has 1 aromatic heterocycles. The van der Waals surface area contributed by atoms with Gasteiger partial charge in [-0.2, -0.15) is 0 Å². The lowest BCUT2D eigenvalue weighted by molar-refractivity contribution is 0.102. The molecule has 1 N–H and O–H groups in total. The Balaban J connectivity index is 2.04. The Morgan fingerprint density at radius 1 is 1.17 bits per heavy atom. The molecule has 0 saturated carbocycles. The van der Waals surface area contributed by atoms with Crippen molar-refractivity contribution in [2.24, 2.45) is 0 Å². The van der Waals surface area contributed by atoms with Crippen LogP contribution in [0.1, 0.15) is 22.8 Å². The summed E-state index contributed by atoms with van der Waals surface area (Å²) >= 11 is 6.74. The maximum absolute atomic E-state index is 12.5. The van der Waals surface area contributed by atoms with Gasteiger partial charge in [-0.1, -0.05) is 41.1 Å². The Labute approximate surface area is 155 Å². The number of hydrogen-bond acceptors (Lipinski definition) is 3. The van der Waals surface area contributed by atoms with Gasteiger partial charge in [0.25, 0.3) is 5.91 Å². The van der Waals surface area contributed by atoms with Gasteiger partial charge in [-0.3, -0.25) is 4.79 Å². The van der Waals surface area contributed by atoms with Gasteiger partial charge in [0.15, 0.2) is 5.58 Å². The zero-order valence-corrected chi connectivity index (χ0v) is 15.9. The largest absolute Gasteiger partial charge is 0.421 e. The van der Waals surface area contributed by atoms with Gasteiger partial charge in [-0.05, 0) is 52.2 Å². The van der Waals surface area contributed by atoms with Crippen LogP contribution in [0.25, 0.3) is 11.0 Å². The zero-order valence-electron chi connectivity index (χ0n) is 12.7. The van der Waals surface area contributed by atoms with Crippen LogP contribution in [-0.4, -0.2) is 5.91 Å². The first-order valence-electron chi connectivity index (χ1n) is 7.31. The number of hydrogen-bond donors (Lipinski definition) is 1. The summed E-state index contributed by atoms with van der Waals surface area (Å²) in [5, 5.41) is 3.45. The van der Waals surface area contributed by atoms with Crippen LogP contribution < -0.4 is 10.9 Å². The predicted octanol–water partition coefficient (Wildman–Crippen LogP) is 5.13. The number of para-hydroxylation sites is 1. The number of halogens is 2. The fraction of sp³-hybridized carbons (Fsp3) is 0.111. The Morgan fingerprint density at radius 2 is 1.92 bits per heavy atom. The molecule has 6 heteroatoms. The maximum Gasteiger partial charge on any atom is 0.349 e. The number of carbonyl (C=O) groups excluding carboxylic acids is 1. The highest BCUT2D eigenvalue weighted by molar-refractivity contribution is 9.11. The van der Waals surface area contributed by atoms with E-state index < -0.39 is 11.5 Å². The Bertz CT molecular complexity index is 995. The van der Waals surface area contributed by atoms with Crippen LogP contribution in [0.4, 0.5) is 5.69 Å². The van der Waals surface area contributed by atoms with Crippen LogP contribution in [0.15, 0.2) is 60.6 Å². The smallest absolute Gasteiger partial charge is 0.349 e. The van der Waals surface area contributed by atoms with Gasteiger partial charge < -0.3 is 9.73 Å². The molecule has 4 nitrogen and oxygen atoms in total. The molecule has 0 aliphatic carbocycles. The number of anilines is 1. The van der Waals surface area contributed by atoms with Crippen molar-refractivity contribution in [3.05, 3.63) is 73.0 Å². The molecule has 0 unspecified atom stereocenters. The topological polar surface area (TPSA) is 59.3 Å². The van der Waals surface area contributed by atoms with Gasteiger partial charge in [-0.15, -0.1) is 0 Å². The first kappa shape index (κ1) is 16.9. The minimum Gasteiger partial charge on any atom is -0.421 e. The van der Waals surface area contributed by atoms with E-state index in [-0.39, 0.29) is 5.56 Å². The van der Waals surface area contributed by atoms with Crippen molar-refractivity contribution in [3.63, 3.8) is 0 Å². The van der Waals surface area contributed by atoms with Crippen LogP contribution in [-0.2, 0) is 6.42 Å². The predicted molar refractivity (Wildman–Crippen MR) is 102 cm³/mol. The van der Waals surface area contributed by atoms with Crippen molar-refractivity contribution in [2.45, 2.75) is 13.3 Å². The lowest BCUT2D eigenvalue weighted by Gasteiger charge is -2.09. The number of fused-ring (bicyclic) bond motifs is 1. The summed E-state index contributed by atoms with van der Waals surface area (Å²) in [4.78, 5) is 24.7. The molecule has 1 amide bonds. The molecule has 0 bridgehead atoms. The molecular weight excluding hydrogens is 438 g/mol. The van der Waals surface area contributed by atoms with Crippen molar-refractivity contribution in [3.8, 4) is 0 Å². The van der Waals surface area contributed by atoms with Crippen LogP contribution in [0.2, 0.25) is 0 Å². The number of nitrogens with one attached hydrogen (secondary N) is 1. The second kappa shape index (κ2) is 6.91. The third-order valence-electron chi connectivity index (χ3n) is 3.64. The molecule has 0 aliphatic heterocycles. The molecule has 3 aromatic rings. The van der Waals surface area contributed by atoms with E-state index in [4.69, 9.17) is 4.42 Å². The van der Waals surface area contributed by atoms with E-state index in [0.29, 0.717) is 21.1 Å². The molecule has 0 fully saturated rings. The summed E-state index contributed by atoms with van der Waals surface area (Å²) in [7, 11) is 0. The van der Waals surface area contributed by atoms with Crippen molar-refractivity contribution in [1.82, 2.24) is 0 Å². The molecule has 0 saturated heterocycles. The Morgan fingerprint density at radius 3 is 2.67 bits per heavy atom. The fourth-order valence-corrected chi connectivity index (χ4v) is 3.79. The SMILES string of the molecule is CCc1ccccc1NC(=O)c1cc2cc(Br)cc(Br)c2oc1=O. The van der Waals surface area contributed by atoms with Crippen LogP contribution in [0.5, 0.6) is 0 Å². The molecule has 122 valence electrons. The molecule has 24 heavy (non-hydrogen) atoms. The molecule has 1 heterocycles. The van der Waals surface area contributed by atoms with E-state index in [0.717, 1.165) is 16.5 Å². The molecule has 2 aromatic carbocycles. The summed E-state index contributed by atoms with van der Waals surface area (Å²) in [6.45, 7) is 2.00. The second-order valence-corrected chi connectivity index (χ2v) is 6.99. The highest BCUT2D eigenvalue weighted by Gasteiger charge is 2.16. The number of benzene rings is 2. The van der Waals surface area contributed by atoms with Crippen LogP contribution in [0, 0.1) is 0 Å². The van der Waals surface area contributed by atoms with Crippen molar-refractivity contribution < 1.29 is 9.21 Å². The molecule has 0 aliphatic rings. The van der Waals surface area contributed by atoms with Crippen LogP contribution in [0.3, 0.4) is 0 Å². The van der Waals surface area contributed by atoms with Gasteiger partial charge in [0.2, 0.25) is 0 Å². The fourth-order valence-electron chi connectivity index (χ4n) is 2.46. The highest BCUT2D eigenvalue weighted by Crippen LogP contribution is 2.28. The van der Waals surface area contributed by atoms with Gasteiger partial charge in [0.1, 0.15) is 5.56 Å². The number of amides is 1. The number of aryl methyl sites for hydroxylation is 1. The summed E-state index contributed by atoms with van der Waals surface area (Å²) in [5.74, 6) is -0.484. The number of carbonyl (C=O) groups is 1. The molecule has 0 spiro atoms. The number of rotatable bonds is 3. The monoisotopic (exact) mass is 449 g/mol. The normalized spacial score (nSPS) is 10.8. The van der Waals surface area contributed by atoms with Gasteiger partial charge in [-0.25, -0.2) is 4.79 Å². The molecule has 0 radical (unpaired) electrons. The van der Waals surface area contributed by atoms with Gasteiger partial charge in [0, 0.05) is 15.5 Å². The maximum atomic E-state index is 12.5. The summed E-state index contributed by atoms with van der Waals surface area (Å²) in [5.41, 5.74) is 1.41. The third kappa shape index (κ3) is 3.30. The van der Waals surface area contributed by atoms with E-state index >= 15 is 0 Å². The van der Waals surface area contributed by atoms with E-state index in [1.807, 2.05) is 31.2 Å². The third-order valence-corrected chi connectivity index (χ3v) is 4.69. The lowest BCUT2D eigenvalue weighted by atomic mass is 10.1. The van der Waals surface area contributed by atoms with E-state index in [2.05, 4.69) is 37.2 Å². The average molecular weight is 451 g/mol. The van der Waals surface area contributed by atoms with E-state index in [9.17, 15) is 9.59 Å². The molecule has 0 atom stereocenters. The summed E-state index contributed by atoms with van der Waals surface area (Å²) < 4.78 is 6.77. The van der Waals surface area contributed by atoms with Crippen LogP contribution >= 0.6 is 31.9 Å². The van der Waals surface area contributed by atoms with Gasteiger partial charge in [0.05, 0.1) is 4.47 Å². The van der Waals surface area contributed by atoms with Crippen molar-refractivity contribution in [2.75, 3.05) is 5.32 Å². The van der Waals surface area contributed by atoms with E-state index in [1.54, 1.807) is 18.2 Å². The minimum absolute atomic E-state index is 0.0293. The minimum atomic E-state index is -0.669. The molecular formula is C18H13Br2NO3. The zero-order chi connectivity index (χ0) is 17.3. The lowest BCUT2D eigenvalue weighted by Crippen LogP contribution is -2.21. The standard InChI is InChI=1S/C18H13Br2NO3/c1-2-10-5-3-4-6-15(10)21-17(22)13-8-11-7-12(19)9-14(20)16(11)24-18(13)23/h3-9H,2H2,1H3,(H,21,22). The first-order valence-corrected chi connectivity index (χ1v) is 8.90. The van der Waals surface area contributed by atoms with E-state index in [1.165, 1.54) is 0 Å². The van der Waals surface area contributed by atoms with Crippen molar-refractivity contribution >= 4 is 54.4 Å². The van der Waals surface area contributed by atoms with Gasteiger partial charge >= 0.3 is 5.63 Å². The molecule has 3 rings (SSSR count). The average Bonchev–Trinajstić information content (AvgIpc) is 2.55. The first-order chi connectivity index (χ1) is 11.5. The quantitative estimate of drug-likeness (QED) is 0.562. The second-order valence-electron chi connectivity index (χ2n) is 5.22. The summed E-state index contributed by atoms with van der Waals surface area (Å²) in [6, 6.07) is 12.6. The summed E-state index contributed by atoms with van der Waals surface area (Å²) in [6.07, 6.45) is 0.780. The highest BCUT2D eigenvalue weighted by atomic mass is 79.9. The Kier molecular flexibility index (Phi) is 4.87.